The van der Waals surface area contributed by atoms with Gasteiger partial charge >= 0.3 is 0 Å². The summed E-state index contributed by atoms with van der Waals surface area (Å²) in [6.45, 7) is 10.6. The minimum Gasteiger partial charge on any atom is -0.351 e. The average Bonchev–Trinajstić information content (AvgIpc) is 2.28. The number of amides is 1. The molecule has 0 spiro atoms. The van der Waals surface area contributed by atoms with E-state index in [9.17, 15) is 4.79 Å². The molecule has 1 fully saturated rings. The van der Waals surface area contributed by atoms with Crippen LogP contribution >= 0.6 is 0 Å². The van der Waals surface area contributed by atoms with Gasteiger partial charge in [0.15, 0.2) is 0 Å². The van der Waals surface area contributed by atoms with Crippen molar-refractivity contribution in [2.45, 2.75) is 65.0 Å². The molecule has 1 aliphatic rings. The standard InChI is InChI=1S/C13H26N2O/c1-5-11(3)15-9-7-13(6-2,8-10-15)14-12(4)16/h11H,5-10H2,1-4H3,(H,14,16). The Morgan fingerprint density at radius 1 is 1.38 bits per heavy atom. The van der Waals surface area contributed by atoms with Gasteiger partial charge in [0.25, 0.3) is 0 Å². The number of rotatable bonds is 4. The summed E-state index contributed by atoms with van der Waals surface area (Å²) in [6.07, 6.45) is 4.43. The van der Waals surface area contributed by atoms with Crippen molar-refractivity contribution < 1.29 is 4.79 Å². The molecule has 3 heteroatoms. The molecule has 0 aliphatic carbocycles. The number of likely N-dealkylation sites (tertiary alicyclic amines) is 1. The summed E-state index contributed by atoms with van der Waals surface area (Å²) in [5, 5.41) is 3.16. The smallest absolute Gasteiger partial charge is 0.217 e. The molecule has 1 atom stereocenters. The summed E-state index contributed by atoms with van der Waals surface area (Å²) in [6, 6.07) is 0.673. The van der Waals surface area contributed by atoms with Crippen LogP contribution in [-0.4, -0.2) is 35.5 Å². The first-order valence-corrected chi connectivity index (χ1v) is 6.56. The molecular formula is C13H26N2O. The van der Waals surface area contributed by atoms with Gasteiger partial charge in [0, 0.05) is 31.6 Å². The molecule has 0 bridgehead atoms. The molecule has 0 aromatic heterocycles. The lowest BCUT2D eigenvalue weighted by Crippen LogP contribution is -2.55. The summed E-state index contributed by atoms with van der Waals surface area (Å²) in [5.41, 5.74) is 0.0653. The molecule has 1 N–H and O–H groups in total. The van der Waals surface area contributed by atoms with E-state index in [-0.39, 0.29) is 11.4 Å². The number of nitrogens with zero attached hydrogens (tertiary/aromatic N) is 1. The highest BCUT2D eigenvalue weighted by Crippen LogP contribution is 2.27. The second kappa shape index (κ2) is 5.67. The molecule has 1 rings (SSSR count). The quantitative estimate of drug-likeness (QED) is 0.797. The number of carbonyl (C=O) groups is 1. The van der Waals surface area contributed by atoms with Crippen LogP contribution in [0.4, 0.5) is 0 Å². The highest BCUT2D eigenvalue weighted by atomic mass is 16.1. The molecular weight excluding hydrogens is 200 g/mol. The molecule has 0 aromatic rings. The largest absolute Gasteiger partial charge is 0.351 e. The monoisotopic (exact) mass is 226 g/mol. The lowest BCUT2D eigenvalue weighted by Gasteiger charge is -2.43. The first-order valence-electron chi connectivity index (χ1n) is 6.56. The van der Waals surface area contributed by atoms with Gasteiger partial charge in [0.05, 0.1) is 0 Å². The van der Waals surface area contributed by atoms with E-state index in [1.54, 1.807) is 6.92 Å². The van der Waals surface area contributed by atoms with Crippen molar-refractivity contribution in [3.8, 4) is 0 Å². The number of piperidine rings is 1. The molecule has 1 amide bonds. The Morgan fingerprint density at radius 3 is 2.31 bits per heavy atom. The number of hydrogen-bond acceptors (Lipinski definition) is 2. The topological polar surface area (TPSA) is 32.3 Å². The van der Waals surface area contributed by atoms with Gasteiger partial charge in [-0.1, -0.05) is 13.8 Å². The molecule has 0 radical (unpaired) electrons. The maximum atomic E-state index is 11.2. The Labute approximate surface area is 99.6 Å². The maximum absolute atomic E-state index is 11.2. The van der Waals surface area contributed by atoms with Gasteiger partial charge in [-0.25, -0.2) is 0 Å². The summed E-state index contributed by atoms with van der Waals surface area (Å²) in [5.74, 6) is 0.110. The van der Waals surface area contributed by atoms with E-state index in [1.807, 2.05) is 0 Å². The molecule has 94 valence electrons. The van der Waals surface area contributed by atoms with Crippen molar-refractivity contribution in [1.29, 1.82) is 0 Å². The van der Waals surface area contributed by atoms with Gasteiger partial charge in [-0.3, -0.25) is 4.79 Å². The molecule has 1 unspecified atom stereocenters. The second-order valence-corrected chi connectivity index (χ2v) is 5.11. The van der Waals surface area contributed by atoms with Crippen molar-refractivity contribution in [3.63, 3.8) is 0 Å². The van der Waals surface area contributed by atoms with E-state index in [2.05, 4.69) is 31.0 Å². The Kier molecular flexibility index (Phi) is 4.78. The van der Waals surface area contributed by atoms with Crippen LogP contribution in [0.2, 0.25) is 0 Å². The summed E-state index contributed by atoms with van der Waals surface area (Å²) in [7, 11) is 0. The van der Waals surface area contributed by atoms with Gasteiger partial charge in [-0.05, 0) is 32.6 Å². The fourth-order valence-electron chi connectivity index (χ4n) is 2.59. The van der Waals surface area contributed by atoms with Crippen LogP contribution < -0.4 is 5.32 Å². The zero-order chi connectivity index (χ0) is 12.2. The van der Waals surface area contributed by atoms with Crippen LogP contribution in [0.25, 0.3) is 0 Å². The Bertz CT molecular complexity index is 232. The van der Waals surface area contributed by atoms with Crippen molar-refractivity contribution in [2.75, 3.05) is 13.1 Å². The Hall–Kier alpha value is -0.570. The fourth-order valence-corrected chi connectivity index (χ4v) is 2.59. The molecule has 3 nitrogen and oxygen atoms in total. The average molecular weight is 226 g/mol. The first-order chi connectivity index (χ1) is 7.53. The van der Waals surface area contributed by atoms with Gasteiger partial charge in [0.1, 0.15) is 0 Å². The van der Waals surface area contributed by atoms with Crippen LogP contribution in [0.3, 0.4) is 0 Å². The summed E-state index contributed by atoms with van der Waals surface area (Å²) < 4.78 is 0. The maximum Gasteiger partial charge on any atom is 0.217 e. The lowest BCUT2D eigenvalue weighted by atomic mass is 9.84. The number of carbonyl (C=O) groups excluding carboxylic acids is 1. The predicted octanol–water partition coefficient (Wildman–Crippen LogP) is 2.17. The Balaban J connectivity index is 2.53. The molecule has 0 aromatic carbocycles. The zero-order valence-electron chi connectivity index (χ0n) is 11.2. The minimum absolute atomic E-state index is 0.0653. The van der Waals surface area contributed by atoms with Gasteiger partial charge in [-0.15, -0.1) is 0 Å². The molecule has 1 aliphatic heterocycles. The summed E-state index contributed by atoms with van der Waals surface area (Å²) in [4.78, 5) is 13.8. The van der Waals surface area contributed by atoms with Crippen LogP contribution in [0.15, 0.2) is 0 Å². The van der Waals surface area contributed by atoms with Crippen LogP contribution in [0.1, 0.15) is 53.4 Å². The van der Waals surface area contributed by atoms with Crippen LogP contribution in [0.5, 0.6) is 0 Å². The molecule has 1 saturated heterocycles. The lowest BCUT2D eigenvalue weighted by molar-refractivity contribution is -0.121. The van der Waals surface area contributed by atoms with E-state index in [1.165, 1.54) is 6.42 Å². The highest BCUT2D eigenvalue weighted by molar-refractivity contribution is 5.73. The summed E-state index contributed by atoms with van der Waals surface area (Å²) >= 11 is 0. The van der Waals surface area contributed by atoms with Crippen molar-refractivity contribution in [3.05, 3.63) is 0 Å². The zero-order valence-corrected chi connectivity index (χ0v) is 11.2. The number of nitrogens with one attached hydrogen (secondary N) is 1. The van der Waals surface area contributed by atoms with Crippen LogP contribution in [-0.2, 0) is 4.79 Å². The van der Waals surface area contributed by atoms with E-state index in [0.717, 1.165) is 32.4 Å². The second-order valence-electron chi connectivity index (χ2n) is 5.11. The third kappa shape index (κ3) is 3.21. The van der Waals surface area contributed by atoms with Gasteiger partial charge < -0.3 is 10.2 Å². The van der Waals surface area contributed by atoms with Crippen molar-refractivity contribution in [1.82, 2.24) is 10.2 Å². The fraction of sp³-hybridized carbons (Fsp3) is 0.923. The van der Waals surface area contributed by atoms with Crippen molar-refractivity contribution in [2.24, 2.45) is 0 Å². The third-order valence-corrected chi connectivity index (χ3v) is 4.09. The predicted molar refractivity (Wildman–Crippen MR) is 67.4 cm³/mol. The van der Waals surface area contributed by atoms with Crippen LogP contribution in [0, 0.1) is 0 Å². The van der Waals surface area contributed by atoms with E-state index in [4.69, 9.17) is 0 Å². The number of hydrogen-bond donors (Lipinski definition) is 1. The normalized spacial score (nSPS) is 22.8. The van der Waals surface area contributed by atoms with E-state index < -0.39 is 0 Å². The highest BCUT2D eigenvalue weighted by Gasteiger charge is 2.34. The van der Waals surface area contributed by atoms with E-state index in [0.29, 0.717) is 6.04 Å². The minimum atomic E-state index is 0.0653. The SMILES string of the molecule is CCC(C)N1CCC(CC)(NC(C)=O)CC1. The van der Waals surface area contributed by atoms with Gasteiger partial charge in [-0.2, -0.15) is 0 Å². The Morgan fingerprint density at radius 2 is 1.94 bits per heavy atom. The first kappa shape index (κ1) is 13.5. The molecule has 0 saturated carbocycles. The molecule has 1 heterocycles. The van der Waals surface area contributed by atoms with Crippen molar-refractivity contribution >= 4 is 5.91 Å². The van der Waals surface area contributed by atoms with Gasteiger partial charge in [0.2, 0.25) is 5.91 Å². The van der Waals surface area contributed by atoms with E-state index >= 15 is 0 Å². The molecule has 16 heavy (non-hydrogen) atoms. The third-order valence-electron chi connectivity index (χ3n) is 4.09.